The van der Waals surface area contributed by atoms with E-state index in [-0.39, 0.29) is 25.1 Å². The van der Waals surface area contributed by atoms with Gasteiger partial charge in [-0.1, -0.05) is 6.42 Å². The van der Waals surface area contributed by atoms with Gasteiger partial charge in [0.2, 0.25) is 5.91 Å². The average Bonchev–Trinajstić information content (AvgIpc) is 2.49. The number of piperidine rings is 1. The summed E-state index contributed by atoms with van der Waals surface area (Å²) in [4.78, 5) is 14.1. The Morgan fingerprint density at radius 1 is 1.26 bits per heavy atom. The first kappa shape index (κ1) is 17.7. The lowest BCUT2D eigenvalue weighted by Crippen LogP contribution is -2.44. The number of benzene rings is 1. The topological polar surface area (TPSA) is 52.6 Å². The lowest BCUT2D eigenvalue weighted by atomic mass is 9.99. The minimum Gasteiger partial charge on any atom is -0.396 e. The van der Waals surface area contributed by atoms with Gasteiger partial charge < -0.3 is 10.4 Å². The first-order valence-corrected chi connectivity index (χ1v) is 7.72. The monoisotopic (exact) mass is 330 g/mol. The van der Waals surface area contributed by atoms with Gasteiger partial charge >= 0.3 is 6.18 Å². The van der Waals surface area contributed by atoms with Crippen molar-refractivity contribution in [2.24, 2.45) is 0 Å². The predicted molar refractivity (Wildman–Crippen MR) is 81.0 cm³/mol. The van der Waals surface area contributed by atoms with E-state index in [1.807, 2.05) is 4.90 Å². The predicted octanol–water partition coefficient (Wildman–Crippen LogP) is 2.88. The molecule has 23 heavy (non-hydrogen) atoms. The third-order valence-corrected chi connectivity index (χ3v) is 4.05. The maximum absolute atomic E-state index is 12.5. The number of nitrogens with one attached hydrogen (secondary N) is 1. The molecule has 0 saturated carbocycles. The van der Waals surface area contributed by atoms with Crippen molar-refractivity contribution in [2.75, 3.05) is 25.0 Å². The van der Waals surface area contributed by atoms with Crippen molar-refractivity contribution in [1.29, 1.82) is 0 Å². The fraction of sp³-hybridized carbons (Fsp3) is 0.562. The average molecular weight is 330 g/mol. The normalized spacial score (nSPS) is 19.6. The van der Waals surface area contributed by atoms with Gasteiger partial charge in [-0.05, 0) is 50.1 Å². The van der Waals surface area contributed by atoms with E-state index < -0.39 is 11.7 Å². The molecule has 0 radical (unpaired) electrons. The smallest absolute Gasteiger partial charge is 0.396 e. The maximum atomic E-state index is 12.5. The van der Waals surface area contributed by atoms with Crippen LogP contribution >= 0.6 is 0 Å². The van der Waals surface area contributed by atoms with Crippen LogP contribution in [0.25, 0.3) is 0 Å². The quantitative estimate of drug-likeness (QED) is 0.873. The van der Waals surface area contributed by atoms with Crippen molar-refractivity contribution in [3.8, 4) is 0 Å². The van der Waals surface area contributed by atoms with Gasteiger partial charge in [0.05, 0.1) is 12.1 Å². The Morgan fingerprint density at radius 2 is 1.96 bits per heavy atom. The Kier molecular flexibility index (Phi) is 6.01. The first-order chi connectivity index (χ1) is 10.9. The Morgan fingerprint density at radius 3 is 2.57 bits per heavy atom. The number of halogens is 3. The molecule has 0 aromatic heterocycles. The number of amides is 1. The highest BCUT2D eigenvalue weighted by atomic mass is 19.4. The summed E-state index contributed by atoms with van der Waals surface area (Å²) < 4.78 is 37.5. The van der Waals surface area contributed by atoms with Crippen LogP contribution in [0.4, 0.5) is 18.9 Å². The van der Waals surface area contributed by atoms with Crippen molar-refractivity contribution >= 4 is 11.6 Å². The summed E-state index contributed by atoms with van der Waals surface area (Å²) in [7, 11) is 0. The Labute approximate surface area is 133 Å². The van der Waals surface area contributed by atoms with Crippen molar-refractivity contribution < 1.29 is 23.1 Å². The standard InChI is InChI=1S/C16H21F3N2O2/c17-16(18,19)12-4-6-13(7-5-12)20-15(23)11-21-9-2-1-3-14(21)8-10-22/h4-7,14,22H,1-3,8-11H2,(H,20,23). The number of carbonyl (C=O) groups is 1. The van der Waals surface area contributed by atoms with E-state index in [4.69, 9.17) is 5.11 Å². The van der Waals surface area contributed by atoms with E-state index in [9.17, 15) is 18.0 Å². The van der Waals surface area contributed by atoms with Crippen LogP contribution in [0.15, 0.2) is 24.3 Å². The van der Waals surface area contributed by atoms with Crippen molar-refractivity contribution in [3.05, 3.63) is 29.8 Å². The van der Waals surface area contributed by atoms with Crippen LogP contribution in [0.1, 0.15) is 31.2 Å². The van der Waals surface area contributed by atoms with Gasteiger partial charge in [0.15, 0.2) is 0 Å². The fourth-order valence-electron chi connectivity index (χ4n) is 2.87. The van der Waals surface area contributed by atoms with Crippen molar-refractivity contribution in [3.63, 3.8) is 0 Å². The summed E-state index contributed by atoms with van der Waals surface area (Å²) in [5.41, 5.74) is -0.395. The fourth-order valence-corrected chi connectivity index (χ4v) is 2.87. The SMILES string of the molecule is O=C(CN1CCCCC1CCO)Nc1ccc(C(F)(F)F)cc1. The molecule has 0 spiro atoms. The molecule has 128 valence electrons. The summed E-state index contributed by atoms with van der Waals surface area (Å²) in [5.74, 6) is -0.255. The summed E-state index contributed by atoms with van der Waals surface area (Å²) in [6.07, 6.45) is -0.702. The Balaban J connectivity index is 1.91. The Bertz CT molecular complexity index is 515. The van der Waals surface area contributed by atoms with E-state index in [0.717, 1.165) is 37.9 Å². The van der Waals surface area contributed by atoms with Gasteiger partial charge in [0.1, 0.15) is 0 Å². The van der Waals surface area contributed by atoms with Gasteiger partial charge in [-0.15, -0.1) is 0 Å². The number of rotatable bonds is 5. The molecule has 1 amide bonds. The highest BCUT2D eigenvalue weighted by Crippen LogP contribution is 2.29. The van der Waals surface area contributed by atoms with Crippen LogP contribution in [-0.4, -0.2) is 41.7 Å². The van der Waals surface area contributed by atoms with Crippen molar-refractivity contribution in [1.82, 2.24) is 4.90 Å². The van der Waals surface area contributed by atoms with Crippen LogP contribution in [0.5, 0.6) is 0 Å². The number of aliphatic hydroxyl groups is 1. The molecule has 1 aliphatic rings. The van der Waals surface area contributed by atoms with Crippen LogP contribution in [0.3, 0.4) is 0 Å². The zero-order valence-corrected chi connectivity index (χ0v) is 12.8. The second kappa shape index (κ2) is 7.79. The van der Waals surface area contributed by atoms with E-state index in [1.54, 1.807) is 0 Å². The Hall–Kier alpha value is -1.60. The van der Waals surface area contributed by atoms with Gasteiger partial charge in [-0.25, -0.2) is 0 Å². The molecular formula is C16H21F3N2O2. The molecule has 1 aromatic rings. The molecule has 0 aliphatic carbocycles. The molecule has 0 bridgehead atoms. The van der Waals surface area contributed by atoms with Gasteiger partial charge in [0, 0.05) is 18.3 Å². The number of hydrogen-bond acceptors (Lipinski definition) is 3. The highest BCUT2D eigenvalue weighted by molar-refractivity contribution is 5.92. The lowest BCUT2D eigenvalue weighted by Gasteiger charge is -2.34. The maximum Gasteiger partial charge on any atom is 0.416 e. The molecule has 1 fully saturated rings. The number of anilines is 1. The second-order valence-corrected chi connectivity index (χ2v) is 5.76. The summed E-state index contributed by atoms with van der Waals surface area (Å²) >= 11 is 0. The molecule has 1 unspecified atom stereocenters. The molecule has 2 rings (SSSR count). The molecule has 2 N–H and O–H groups in total. The number of likely N-dealkylation sites (tertiary alicyclic amines) is 1. The molecule has 1 heterocycles. The van der Waals surface area contributed by atoms with Crippen molar-refractivity contribution in [2.45, 2.75) is 37.9 Å². The molecule has 4 nitrogen and oxygen atoms in total. The van der Waals surface area contributed by atoms with Gasteiger partial charge in [0.25, 0.3) is 0 Å². The molecule has 1 aliphatic heterocycles. The number of carbonyl (C=O) groups excluding carboxylic acids is 1. The molecule has 1 saturated heterocycles. The number of nitrogens with zero attached hydrogens (tertiary/aromatic N) is 1. The first-order valence-electron chi connectivity index (χ1n) is 7.72. The third kappa shape index (κ3) is 5.21. The zero-order valence-electron chi connectivity index (χ0n) is 12.8. The van der Waals surface area contributed by atoms with E-state index >= 15 is 0 Å². The van der Waals surface area contributed by atoms with E-state index in [1.165, 1.54) is 12.1 Å². The molecule has 1 atom stereocenters. The minimum atomic E-state index is -4.38. The van der Waals surface area contributed by atoms with E-state index in [0.29, 0.717) is 12.1 Å². The summed E-state index contributed by atoms with van der Waals surface area (Å²) in [6.45, 7) is 1.07. The minimum absolute atomic E-state index is 0.0850. The zero-order chi connectivity index (χ0) is 16.9. The second-order valence-electron chi connectivity index (χ2n) is 5.76. The van der Waals surface area contributed by atoms with Crippen LogP contribution in [-0.2, 0) is 11.0 Å². The molecular weight excluding hydrogens is 309 g/mol. The summed E-state index contributed by atoms with van der Waals surface area (Å²) in [5, 5.41) is 11.7. The van der Waals surface area contributed by atoms with Crippen LogP contribution in [0, 0.1) is 0 Å². The lowest BCUT2D eigenvalue weighted by molar-refractivity contribution is -0.137. The van der Waals surface area contributed by atoms with Crippen LogP contribution < -0.4 is 5.32 Å². The van der Waals surface area contributed by atoms with Crippen LogP contribution in [0.2, 0.25) is 0 Å². The number of aliphatic hydroxyl groups excluding tert-OH is 1. The molecule has 1 aromatic carbocycles. The third-order valence-electron chi connectivity index (χ3n) is 4.05. The summed E-state index contributed by atoms with van der Waals surface area (Å²) in [6, 6.07) is 4.59. The molecule has 7 heteroatoms. The van der Waals surface area contributed by atoms with Gasteiger partial charge in [-0.2, -0.15) is 13.2 Å². The number of hydrogen-bond donors (Lipinski definition) is 2. The van der Waals surface area contributed by atoms with E-state index in [2.05, 4.69) is 5.32 Å². The highest BCUT2D eigenvalue weighted by Gasteiger charge is 2.30. The largest absolute Gasteiger partial charge is 0.416 e. The number of alkyl halides is 3. The van der Waals surface area contributed by atoms with Gasteiger partial charge in [-0.3, -0.25) is 9.69 Å².